The first-order valence-corrected chi connectivity index (χ1v) is 8.48. The van der Waals surface area contributed by atoms with E-state index in [1.165, 1.54) is 0 Å². The Labute approximate surface area is 142 Å². The van der Waals surface area contributed by atoms with Gasteiger partial charge in [0.05, 0.1) is 17.5 Å². The van der Waals surface area contributed by atoms with Crippen LogP contribution >= 0.6 is 0 Å². The number of ether oxygens (including phenoxy) is 1. The van der Waals surface area contributed by atoms with Gasteiger partial charge in [-0.3, -0.25) is 4.98 Å². The molecule has 0 spiro atoms. The van der Waals surface area contributed by atoms with Gasteiger partial charge in [0.15, 0.2) is 0 Å². The number of hydrogen-bond acceptors (Lipinski definition) is 5. The number of aliphatic hydroxyl groups is 1. The maximum atomic E-state index is 9.71. The molecule has 2 atom stereocenters. The van der Waals surface area contributed by atoms with Crippen LogP contribution in [0.5, 0.6) is 11.6 Å². The van der Waals surface area contributed by atoms with Crippen LogP contribution in [-0.2, 0) is 13.6 Å². The number of rotatable bonds is 6. The Morgan fingerprint density at radius 3 is 3.04 bits per heavy atom. The van der Waals surface area contributed by atoms with Crippen LogP contribution in [0, 0.1) is 12.3 Å². The van der Waals surface area contributed by atoms with Crippen molar-refractivity contribution >= 4 is 0 Å². The number of nitrogens with one attached hydrogen (secondary N) is 1. The van der Waals surface area contributed by atoms with Crippen molar-refractivity contribution in [1.29, 1.82) is 0 Å². The Bertz CT molecular complexity index is 686. The fraction of sp³-hybridized carbons (Fsp3) is 0.556. The molecule has 0 aliphatic heterocycles. The van der Waals surface area contributed by atoms with Crippen LogP contribution in [0.25, 0.3) is 0 Å². The van der Waals surface area contributed by atoms with Crippen LogP contribution in [0.15, 0.2) is 24.5 Å². The summed E-state index contributed by atoms with van der Waals surface area (Å²) in [5, 5.41) is 17.8. The number of nitrogens with zero attached hydrogens (tertiary/aromatic N) is 3. The minimum Gasteiger partial charge on any atom is -0.437 e. The second-order valence-corrected chi connectivity index (χ2v) is 6.92. The number of aryl methyl sites for hydroxylation is 2. The fourth-order valence-electron chi connectivity index (χ4n) is 3.53. The van der Waals surface area contributed by atoms with E-state index in [1.54, 1.807) is 17.1 Å². The zero-order chi connectivity index (χ0) is 17.2. The lowest BCUT2D eigenvalue weighted by molar-refractivity contribution is 0.118. The molecule has 24 heavy (non-hydrogen) atoms. The van der Waals surface area contributed by atoms with Crippen molar-refractivity contribution in [3.63, 3.8) is 0 Å². The summed E-state index contributed by atoms with van der Waals surface area (Å²) < 4.78 is 7.77. The first-order chi connectivity index (χ1) is 11.5. The summed E-state index contributed by atoms with van der Waals surface area (Å²) in [7, 11) is 1.88. The van der Waals surface area contributed by atoms with Crippen molar-refractivity contribution in [2.75, 3.05) is 6.61 Å². The average molecular weight is 330 g/mol. The van der Waals surface area contributed by atoms with Crippen LogP contribution < -0.4 is 10.1 Å². The van der Waals surface area contributed by atoms with Gasteiger partial charge in [-0.1, -0.05) is 13.3 Å². The topological polar surface area (TPSA) is 72.2 Å². The smallest absolute Gasteiger partial charge is 0.222 e. The molecule has 0 bridgehead atoms. The molecule has 2 N–H and O–H groups in total. The lowest BCUT2D eigenvalue weighted by atomic mass is 9.86. The van der Waals surface area contributed by atoms with Gasteiger partial charge in [0.1, 0.15) is 5.75 Å². The van der Waals surface area contributed by atoms with Crippen LogP contribution in [-0.4, -0.2) is 32.5 Å². The molecule has 0 unspecified atom stereocenters. The van der Waals surface area contributed by atoms with E-state index in [1.807, 2.05) is 26.1 Å². The van der Waals surface area contributed by atoms with Gasteiger partial charge >= 0.3 is 0 Å². The van der Waals surface area contributed by atoms with Crippen molar-refractivity contribution in [3.8, 4) is 11.6 Å². The molecule has 2 aromatic rings. The molecule has 6 nitrogen and oxygen atoms in total. The van der Waals surface area contributed by atoms with Crippen molar-refractivity contribution in [1.82, 2.24) is 20.1 Å². The van der Waals surface area contributed by atoms with E-state index in [9.17, 15) is 5.11 Å². The molecule has 0 amide bonds. The van der Waals surface area contributed by atoms with Crippen molar-refractivity contribution in [2.24, 2.45) is 12.5 Å². The maximum absolute atomic E-state index is 9.71. The molecule has 2 heterocycles. The highest BCUT2D eigenvalue weighted by molar-refractivity contribution is 5.34. The largest absolute Gasteiger partial charge is 0.437 e. The highest BCUT2D eigenvalue weighted by atomic mass is 16.5. The Kier molecular flexibility index (Phi) is 4.87. The maximum Gasteiger partial charge on any atom is 0.222 e. The van der Waals surface area contributed by atoms with Crippen molar-refractivity contribution < 1.29 is 9.84 Å². The zero-order valence-electron chi connectivity index (χ0n) is 14.6. The van der Waals surface area contributed by atoms with Gasteiger partial charge in [-0.05, 0) is 31.9 Å². The Hall–Kier alpha value is -1.92. The van der Waals surface area contributed by atoms with Crippen molar-refractivity contribution in [3.05, 3.63) is 35.8 Å². The SMILES string of the molecule is Cc1nn(C)c(Oc2cccnc2)c1CN[C@@H]1CCC[C@@]1(C)CO. The molecule has 0 aromatic carbocycles. The van der Waals surface area contributed by atoms with E-state index in [0.29, 0.717) is 18.3 Å². The molecule has 1 aliphatic rings. The van der Waals surface area contributed by atoms with Gasteiger partial charge in [0, 0.05) is 37.9 Å². The third-order valence-electron chi connectivity index (χ3n) is 5.11. The third-order valence-corrected chi connectivity index (χ3v) is 5.11. The van der Waals surface area contributed by atoms with E-state index < -0.39 is 0 Å². The summed E-state index contributed by atoms with van der Waals surface area (Å²) in [4.78, 5) is 4.09. The molecule has 2 aromatic heterocycles. The van der Waals surface area contributed by atoms with Gasteiger partial charge < -0.3 is 15.2 Å². The molecule has 0 saturated heterocycles. The predicted molar refractivity (Wildman–Crippen MR) is 91.9 cm³/mol. The highest BCUT2D eigenvalue weighted by Gasteiger charge is 2.38. The molecule has 1 fully saturated rings. The molecule has 1 saturated carbocycles. The van der Waals surface area contributed by atoms with Crippen molar-refractivity contribution in [2.45, 2.75) is 45.7 Å². The van der Waals surface area contributed by atoms with Crippen LogP contribution in [0.4, 0.5) is 0 Å². The highest BCUT2D eigenvalue weighted by Crippen LogP contribution is 2.38. The van der Waals surface area contributed by atoms with Gasteiger partial charge in [-0.25, -0.2) is 4.68 Å². The lowest BCUT2D eigenvalue weighted by Crippen LogP contribution is -2.41. The first kappa shape index (κ1) is 16.9. The summed E-state index contributed by atoms with van der Waals surface area (Å²) in [6.45, 7) is 5.04. The molecule has 3 rings (SSSR count). The van der Waals surface area contributed by atoms with Gasteiger partial charge in [0.25, 0.3) is 0 Å². The van der Waals surface area contributed by atoms with Crippen LogP contribution in [0.2, 0.25) is 0 Å². The normalized spacial score (nSPS) is 23.6. The second kappa shape index (κ2) is 6.91. The van der Waals surface area contributed by atoms with E-state index in [4.69, 9.17) is 4.74 Å². The zero-order valence-corrected chi connectivity index (χ0v) is 14.6. The third kappa shape index (κ3) is 3.30. The molecular weight excluding hydrogens is 304 g/mol. The molecular formula is C18H26N4O2. The van der Waals surface area contributed by atoms with Crippen LogP contribution in [0.3, 0.4) is 0 Å². The van der Waals surface area contributed by atoms with E-state index in [-0.39, 0.29) is 12.0 Å². The molecule has 6 heteroatoms. The lowest BCUT2D eigenvalue weighted by Gasteiger charge is -2.30. The standard InChI is InChI=1S/C18H26N4O2/c1-13-15(11-20-16-7-4-8-18(16,2)12-23)17(22(3)21-13)24-14-6-5-9-19-10-14/h5-6,9-10,16,20,23H,4,7-8,11-12H2,1-3H3/t16-,18+/m1/s1. The summed E-state index contributed by atoms with van der Waals surface area (Å²) in [5.74, 6) is 1.43. The Morgan fingerprint density at radius 1 is 1.50 bits per heavy atom. The number of aliphatic hydroxyl groups excluding tert-OH is 1. The van der Waals surface area contributed by atoms with E-state index in [0.717, 1.165) is 36.4 Å². The summed E-state index contributed by atoms with van der Waals surface area (Å²) in [5.41, 5.74) is 1.96. The van der Waals surface area contributed by atoms with E-state index >= 15 is 0 Å². The second-order valence-electron chi connectivity index (χ2n) is 6.92. The fourth-order valence-corrected chi connectivity index (χ4v) is 3.53. The minimum atomic E-state index is -0.0412. The number of hydrogen-bond donors (Lipinski definition) is 2. The number of pyridine rings is 1. The molecule has 0 radical (unpaired) electrons. The van der Waals surface area contributed by atoms with Gasteiger partial charge in [0.2, 0.25) is 5.88 Å². The average Bonchev–Trinajstić information content (AvgIpc) is 3.08. The minimum absolute atomic E-state index is 0.0412. The molecule has 1 aliphatic carbocycles. The summed E-state index contributed by atoms with van der Waals surface area (Å²) in [6.07, 6.45) is 6.72. The van der Waals surface area contributed by atoms with Gasteiger partial charge in [-0.2, -0.15) is 5.10 Å². The van der Waals surface area contributed by atoms with E-state index in [2.05, 4.69) is 22.3 Å². The van der Waals surface area contributed by atoms with Gasteiger partial charge in [-0.15, -0.1) is 0 Å². The molecule has 130 valence electrons. The predicted octanol–water partition coefficient (Wildman–Crippen LogP) is 2.56. The monoisotopic (exact) mass is 330 g/mol. The quantitative estimate of drug-likeness (QED) is 0.852. The number of aromatic nitrogens is 3. The summed E-state index contributed by atoms with van der Waals surface area (Å²) in [6, 6.07) is 4.04. The first-order valence-electron chi connectivity index (χ1n) is 8.48. The summed E-state index contributed by atoms with van der Waals surface area (Å²) >= 11 is 0. The van der Waals surface area contributed by atoms with Crippen LogP contribution in [0.1, 0.15) is 37.4 Å². The Balaban J connectivity index is 1.76. The Morgan fingerprint density at radius 2 is 2.33 bits per heavy atom.